The van der Waals surface area contributed by atoms with Crippen LogP contribution in [0.15, 0.2) is 29.4 Å². The number of hydrogen-bond donors (Lipinski definition) is 2. The van der Waals surface area contributed by atoms with E-state index in [0.29, 0.717) is 8.88 Å². The monoisotopic (exact) mass is 179 g/mol. The van der Waals surface area contributed by atoms with E-state index in [1.165, 1.54) is 5.56 Å². The van der Waals surface area contributed by atoms with Crippen LogP contribution in [0.5, 0.6) is 0 Å². The molecule has 0 aliphatic carbocycles. The van der Waals surface area contributed by atoms with Crippen molar-refractivity contribution in [3.05, 3.63) is 35.4 Å². The Balaban J connectivity index is 2.28. The van der Waals surface area contributed by atoms with Crippen molar-refractivity contribution in [2.45, 2.75) is 6.92 Å². The number of nitrogens with zero attached hydrogens (tertiary/aromatic N) is 1. The van der Waals surface area contributed by atoms with E-state index < -0.39 is 0 Å². The van der Waals surface area contributed by atoms with Gasteiger partial charge in [-0.1, -0.05) is 29.8 Å². The van der Waals surface area contributed by atoms with E-state index in [-0.39, 0.29) is 0 Å². The molecule has 0 spiro atoms. The summed E-state index contributed by atoms with van der Waals surface area (Å²) in [5, 5.41) is 10.2. The van der Waals surface area contributed by atoms with Gasteiger partial charge in [0.05, 0.1) is 8.88 Å². The van der Waals surface area contributed by atoms with Gasteiger partial charge in [0.15, 0.2) is 5.84 Å². The zero-order valence-electron chi connectivity index (χ0n) is 6.76. The first-order valence-corrected chi connectivity index (χ1v) is 4.77. The van der Waals surface area contributed by atoms with Gasteiger partial charge in [-0.25, -0.2) is 0 Å². The van der Waals surface area contributed by atoms with Gasteiger partial charge < -0.3 is 5.09 Å². The maximum Gasteiger partial charge on any atom is 0.157 e. The Bertz CT molecular complexity index is 305. The van der Waals surface area contributed by atoms with Gasteiger partial charge in [0, 0.05) is 5.56 Å². The highest BCUT2D eigenvalue weighted by atomic mass is 31.1. The lowest BCUT2D eigenvalue weighted by atomic mass is 10.1. The highest BCUT2D eigenvalue weighted by molar-refractivity contribution is 7.34. The number of benzene rings is 1. The molecule has 0 saturated heterocycles. The molecule has 0 aromatic heterocycles. The van der Waals surface area contributed by atoms with Crippen LogP contribution in [0.25, 0.3) is 0 Å². The number of hydrogen-bond acceptors (Lipinski definition) is 3. The summed E-state index contributed by atoms with van der Waals surface area (Å²) in [6, 6.07) is 8.30. The molecule has 1 aromatic carbocycles. The fourth-order valence-electron chi connectivity index (χ4n) is 1.05. The molecule has 1 aromatic rings. The molecule has 4 heteroatoms. The first kappa shape index (κ1) is 7.56. The summed E-state index contributed by atoms with van der Waals surface area (Å²) >= 11 is 0. The van der Waals surface area contributed by atoms with Crippen LogP contribution in [-0.2, 0) is 0 Å². The number of aryl methyl sites for hydroxylation is 1. The smallest absolute Gasteiger partial charge is 0.157 e. The largest absolute Gasteiger partial charge is 0.332 e. The maximum absolute atomic E-state index is 4.10. The van der Waals surface area contributed by atoms with Crippen molar-refractivity contribution in [1.82, 2.24) is 10.3 Å². The third kappa shape index (κ3) is 1.41. The van der Waals surface area contributed by atoms with E-state index >= 15 is 0 Å². The average Bonchev–Trinajstić information content (AvgIpc) is 2.58. The van der Waals surface area contributed by atoms with Crippen LogP contribution in [-0.4, -0.2) is 5.84 Å². The van der Waals surface area contributed by atoms with E-state index in [2.05, 4.69) is 46.6 Å². The second kappa shape index (κ2) is 3.11. The Morgan fingerprint density at radius 2 is 2.00 bits per heavy atom. The quantitative estimate of drug-likeness (QED) is 0.638. The molecule has 12 heavy (non-hydrogen) atoms. The summed E-state index contributed by atoms with van der Waals surface area (Å²) in [4.78, 5) is 0. The molecule has 0 amide bonds. The van der Waals surface area contributed by atoms with Crippen LogP contribution in [0.2, 0.25) is 0 Å². The Kier molecular flexibility index (Phi) is 1.96. The van der Waals surface area contributed by atoms with Gasteiger partial charge in [-0.2, -0.15) is 5.10 Å². The highest BCUT2D eigenvalue weighted by Crippen LogP contribution is 2.10. The van der Waals surface area contributed by atoms with E-state index in [1.807, 2.05) is 0 Å². The van der Waals surface area contributed by atoms with Gasteiger partial charge in [0.1, 0.15) is 0 Å². The fourth-order valence-corrected chi connectivity index (χ4v) is 1.59. The van der Waals surface area contributed by atoms with Crippen molar-refractivity contribution < 1.29 is 0 Å². The third-order valence-electron chi connectivity index (χ3n) is 1.73. The molecule has 0 saturated carbocycles. The molecule has 1 aliphatic rings. The normalized spacial score (nSPS) is 16.9. The molecule has 3 nitrogen and oxygen atoms in total. The Morgan fingerprint density at radius 1 is 1.25 bits per heavy atom. The zero-order chi connectivity index (χ0) is 8.39. The molecule has 1 aliphatic heterocycles. The van der Waals surface area contributed by atoms with Crippen molar-refractivity contribution in [3.8, 4) is 0 Å². The van der Waals surface area contributed by atoms with Gasteiger partial charge in [0.2, 0.25) is 0 Å². The minimum absolute atomic E-state index is 0.508. The van der Waals surface area contributed by atoms with Crippen molar-refractivity contribution in [2.24, 2.45) is 5.10 Å². The van der Waals surface area contributed by atoms with E-state index in [1.54, 1.807) is 0 Å². The van der Waals surface area contributed by atoms with Gasteiger partial charge in [0.25, 0.3) is 0 Å². The number of nitrogens with one attached hydrogen (secondary N) is 2. The van der Waals surface area contributed by atoms with Crippen LogP contribution in [0.4, 0.5) is 0 Å². The summed E-state index contributed by atoms with van der Waals surface area (Å²) in [7, 11) is 0.508. The third-order valence-corrected chi connectivity index (χ3v) is 2.31. The Hall–Kier alpha value is -1.08. The predicted molar refractivity (Wildman–Crippen MR) is 52.3 cm³/mol. The molecule has 0 bridgehead atoms. The van der Waals surface area contributed by atoms with Crippen LogP contribution >= 0.6 is 8.88 Å². The van der Waals surface area contributed by atoms with E-state index in [9.17, 15) is 0 Å². The lowest BCUT2D eigenvalue weighted by Crippen LogP contribution is -2.10. The Labute approximate surface area is 73.1 Å². The van der Waals surface area contributed by atoms with Crippen LogP contribution in [0.1, 0.15) is 11.1 Å². The van der Waals surface area contributed by atoms with Crippen molar-refractivity contribution in [2.75, 3.05) is 0 Å². The molecule has 0 radical (unpaired) electrons. The fraction of sp³-hybridized carbons (Fsp3) is 0.125. The molecule has 1 atom stereocenters. The van der Waals surface area contributed by atoms with Gasteiger partial charge >= 0.3 is 0 Å². The van der Waals surface area contributed by atoms with E-state index in [4.69, 9.17) is 0 Å². The van der Waals surface area contributed by atoms with Gasteiger partial charge in [-0.3, -0.25) is 5.20 Å². The van der Waals surface area contributed by atoms with Crippen LogP contribution in [0, 0.1) is 6.92 Å². The summed E-state index contributed by atoms with van der Waals surface area (Å²) in [6.07, 6.45) is 0. The average molecular weight is 179 g/mol. The van der Waals surface area contributed by atoms with Crippen LogP contribution in [0.3, 0.4) is 0 Å². The summed E-state index contributed by atoms with van der Waals surface area (Å²) in [6.45, 7) is 2.08. The molecule has 1 heterocycles. The topological polar surface area (TPSA) is 36.4 Å². The van der Waals surface area contributed by atoms with Crippen molar-refractivity contribution in [3.63, 3.8) is 0 Å². The van der Waals surface area contributed by atoms with Crippen LogP contribution < -0.4 is 10.3 Å². The standard InChI is InChI=1S/C8H10N3P/c1-6-2-4-7(5-3-6)8-9-11-12-10-8/h2-5,11-12H,1H3,(H,9,10). The number of amidine groups is 1. The SMILES string of the molecule is Cc1ccc(C2=NNPN2)cc1. The van der Waals surface area contributed by atoms with Gasteiger partial charge in [-0.05, 0) is 6.92 Å². The first-order chi connectivity index (χ1) is 5.86. The zero-order valence-corrected chi connectivity index (χ0v) is 7.76. The molecular weight excluding hydrogens is 169 g/mol. The first-order valence-electron chi connectivity index (χ1n) is 3.77. The number of hydrazone groups is 1. The lowest BCUT2D eigenvalue weighted by molar-refractivity contribution is 1.13. The lowest BCUT2D eigenvalue weighted by Gasteiger charge is -1.99. The minimum Gasteiger partial charge on any atom is -0.332 e. The van der Waals surface area contributed by atoms with Gasteiger partial charge in [-0.15, -0.1) is 0 Å². The number of rotatable bonds is 1. The predicted octanol–water partition coefficient (Wildman–Crippen LogP) is 1.36. The molecular formula is C8H10N3P. The second-order valence-electron chi connectivity index (χ2n) is 2.69. The highest BCUT2D eigenvalue weighted by Gasteiger charge is 2.06. The molecule has 2 rings (SSSR count). The maximum atomic E-state index is 4.10. The minimum atomic E-state index is 0.508. The van der Waals surface area contributed by atoms with Crippen molar-refractivity contribution in [1.29, 1.82) is 0 Å². The molecule has 0 fully saturated rings. The summed E-state index contributed by atoms with van der Waals surface area (Å²) in [5.74, 6) is 0.938. The second-order valence-corrected chi connectivity index (χ2v) is 3.41. The molecule has 2 N–H and O–H groups in total. The summed E-state index contributed by atoms with van der Waals surface area (Å²) in [5.41, 5.74) is 2.41. The van der Waals surface area contributed by atoms with E-state index in [0.717, 1.165) is 11.4 Å². The molecule has 62 valence electrons. The molecule has 1 unspecified atom stereocenters. The Morgan fingerprint density at radius 3 is 2.58 bits per heavy atom. The summed E-state index contributed by atoms with van der Waals surface area (Å²) < 4.78 is 0. The van der Waals surface area contributed by atoms with Crippen molar-refractivity contribution >= 4 is 14.7 Å².